The van der Waals surface area contributed by atoms with Gasteiger partial charge in [0.25, 0.3) is 10.1 Å². The summed E-state index contributed by atoms with van der Waals surface area (Å²) >= 11 is 0. The first-order chi connectivity index (χ1) is 9.03. The number of benzene rings is 1. The highest BCUT2D eigenvalue weighted by atomic mass is 32.2. The summed E-state index contributed by atoms with van der Waals surface area (Å²) in [5.41, 5.74) is 1.55. The summed E-state index contributed by atoms with van der Waals surface area (Å²) in [5, 5.41) is 0. The fraction of sp³-hybridized carbons (Fsp3) is 0.200. The van der Waals surface area contributed by atoms with Gasteiger partial charge in [0.1, 0.15) is 6.61 Å². The van der Waals surface area contributed by atoms with Gasteiger partial charge in [0, 0.05) is 17.5 Å². The van der Waals surface area contributed by atoms with E-state index in [4.69, 9.17) is 0 Å². The summed E-state index contributed by atoms with van der Waals surface area (Å²) in [6, 6.07) is 7.40. The van der Waals surface area contributed by atoms with E-state index in [0.717, 1.165) is 17.4 Å². The molecule has 0 aliphatic heterocycles. The molecule has 0 radical (unpaired) electrons. The van der Waals surface area contributed by atoms with E-state index < -0.39 is 10.1 Å². The van der Waals surface area contributed by atoms with E-state index in [1.165, 1.54) is 0 Å². The van der Waals surface area contributed by atoms with Crippen molar-refractivity contribution in [2.45, 2.75) is 6.42 Å². The Labute approximate surface area is 114 Å². The first-order valence-electron chi connectivity index (χ1n) is 5.55. The zero-order chi connectivity index (χ0) is 14.1. The van der Waals surface area contributed by atoms with Crippen molar-refractivity contribution in [3.8, 4) is 23.7 Å². The van der Waals surface area contributed by atoms with E-state index >= 15 is 0 Å². The van der Waals surface area contributed by atoms with Crippen LogP contribution in [0.15, 0.2) is 36.9 Å². The van der Waals surface area contributed by atoms with Crippen LogP contribution in [-0.2, 0) is 14.3 Å². The summed E-state index contributed by atoms with van der Waals surface area (Å²) in [6.07, 6.45) is 3.32. The third-order valence-electron chi connectivity index (χ3n) is 1.96. The van der Waals surface area contributed by atoms with Crippen molar-refractivity contribution in [2.24, 2.45) is 0 Å². The van der Waals surface area contributed by atoms with Crippen LogP contribution in [0.5, 0.6) is 0 Å². The molecule has 3 nitrogen and oxygen atoms in total. The molecule has 0 saturated carbocycles. The highest BCUT2D eigenvalue weighted by Gasteiger charge is 1.98. The van der Waals surface area contributed by atoms with Crippen molar-refractivity contribution < 1.29 is 12.6 Å². The summed E-state index contributed by atoms with van der Waals surface area (Å²) in [6.45, 7) is 3.43. The molecule has 0 unspecified atom stereocenters. The Balaban J connectivity index is 2.82. The minimum absolute atomic E-state index is 0.159. The third-order valence-corrected chi connectivity index (χ3v) is 2.51. The number of allylic oxidation sites excluding steroid dienone is 1. The summed E-state index contributed by atoms with van der Waals surface area (Å²) in [7, 11) is -3.45. The Bertz CT molecular complexity index is 665. The molecule has 0 amide bonds. The van der Waals surface area contributed by atoms with Gasteiger partial charge in [-0.1, -0.05) is 41.9 Å². The molecule has 0 N–H and O–H groups in total. The summed E-state index contributed by atoms with van der Waals surface area (Å²) in [4.78, 5) is 0. The van der Waals surface area contributed by atoms with Crippen molar-refractivity contribution in [3.05, 3.63) is 48.0 Å². The molecule has 1 rings (SSSR count). The Morgan fingerprint density at radius 1 is 1.21 bits per heavy atom. The van der Waals surface area contributed by atoms with Crippen LogP contribution in [0.4, 0.5) is 0 Å². The molecule has 0 heterocycles. The third kappa shape index (κ3) is 6.47. The maximum Gasteiger partial charge on any atom is 0.265 e. The molecule has 0 aromatic heterocycles. The highest BCUT2D eigenvalue weighted by molar-refractivity contribution is 7.85. The molecular formula is C15H14O3S. The van der Waals surface area contributed by atoms with Crippen LogP contribution in [0.3, 0.4) is 0 Å². The number of hydrogen-bond donors (Lipinski definition) is 0. The average molecular weight is 274 g/mol. The Kier molecular flexibility index (Phi) is 5.89. The van der Waals surface area contributed by atoms with Gasteiger partial charge in [-0.3, -0.25) is 4.18 Å². The Morgan fingerprint density at radius 3 is 2.32 bits per heavy atom. The fourth-order valence-corrected chi connectivity index (χ4v) is 1.46. The highest BCUT2D eigenvalue weighted by Crippen LogP contribution is 2.05. The summed E-state index contributed by atoms with van der Waals surface area (Å²) in [5.74, 6) is 11.4. The van der Waals surface area contributed by atoms with E-state index in [-0.39, 0.29) is 6.61 Å². The van der Waals surface area contributed by atoms with Gasteiger partial charge in [0.05, 0.1) is 6.26 Å². The zero-order valence-electron chi connectivity index (χ0n) is 10.6. The quantitative estimate of drug-likeness (QED) is 0.480. The van der Waals surface area contributed by atoms with Gasteiger partial charge >= 0.3 is 0 Å². The molecule has 1 aromatic rings. The second-order valence-electron chi connectivity index (χ2n) is 3.61. The number of hydrogen-bond acceptors (Lipinski definition) is 3. The Morgan fingerprint density at radius 2 is 1.79 bits per heavy atom. The lowest BCUT2D eigenvalue weighted by atomic mass is 10.1. The Hall–Kier alpha value is -2.01. The van der Waals surface area contributed by atoms with Gasteiger partial charge in [-0.2, -0.15) is 8.42 Å². The molecule has 0 bridgehead atoms. The average Bonchev–Trinajstić information content (AvgIpc) is 2.35. The maximum absolute atomic E-state index is 10.8. The lowest BCUT2D eigenvalue weighted by Gasteiger charge is -1.95. The van der Waals surface area contributed by atoms with Crippen molar-refractivity contribution in [2.75, 3.05) is 12.9 Å². The van der Waals surface area contributed by atoms with Gasteiger partial charge in [-0.25, -0.2) is 0 Å². The predicted molar refractivity (Wildman–Crippen MR) is 75.8 cm³/mol. The van der Waals surface area contributed by atoms with Crippen molar-refractivity contribution in [1.82, 2.24) is 0 Å². The van der Waals surface area contributed by atoms with Gasteiger partial charge in [0.15, 0.2) is 0 Å². The lowest BCUT2D eigenvalue weighted by Crippen LogP contribution is -2.02. The standard InChI is InChI=1S/C15H14O3S/c1-3-4-5-9-14-10-6-7-11-15(14)12-8-13-18-19(2,16)17/h3,6-7,10-11H,1,4,13H2,2H3. The molecule has 98 valence electrons. The zero-order valence-corrected chi connectivity index (χ0v) is 11.5. The van der Waals surface area contributed by atoms with Gasteiger partial charge in [0.2, 0.25) is 0 Å². The van der Waals surface area contributed by atoms with E-state index in [9.17, 15) is 8.42 Å². The first kappa shape index (κ1) is 15.0. The SMILES string of the molecule is C=CCC#Cc1ccccc1C#CCOS(C)(=O)=O. The molecule has 0 fully saturated rings. The normalized spacial score (nSPS) is 9.74. The lowest BCUT2D eigenvalue weighted by molar-refractivity contribution is 0.368. The smallest absolute Gasteiger partial charge is 0.257 e. The topological polar surface area (TPSA) is 43.4 Å². The predicted octanol–water partition coefficient (Wildman–Crippen LogP) is 1.94. The van der Waals surface area contributed by atoms with Gasteiger partial charge in [-0.15, -0.1) is 6.58 Å². The van der Waals surface area contributed by atoms with Crippen molar-refractivity contribution >= 4 is 10.1 Å². The second kappa shape index (κ2) is 7.43. The molecule has 0 aliphatic rings. The molecule has 1 aromatic carbocycles. The largest absolute Gasteiger partial charge is 0.265 e. The van der Waals surface area contributed by atoms with Crippen LogP contribution < -0.4 is 0 Å². The molecular weight excluding hydrogens is 260 g/mol. The molecule has 0 aliphatic carbocycles. The van der Waals surface area contributed by atoms with Crippen LogP contribution in [0.2, 0.25) is 0 Å². The molecule has 0 spiro atoms. The van der Waals surface area contributed by atoms with Crippen LogP contribution in [0.1, 0.15) is 17.5 Å². The minimum Gasteiger partial charge on any atom is -0.257 e. The van der Waals surface area contributed by atoms with E-state index in [1.54, 1.807) is 6.08 Å². The van der Waals surface area contributed by atoms with Crippen LogP contribution in [0, 0.1) is 23.7 Å². The first-order valence-corrected chi connectivity index (χ1v) is 7.36. The summed E-state index contributed by atoms with van der Waals surface area (Å²) < 4.78 is 26.1. The molecule has 0 atom stereocenters. The fourth-order valence-electron chi connectivity index (χ4n) is 1.19. The monoisotopic (exact) mass is 274 g/mol. The van der Waals surface area contributed by atoms with Gasteiger partial charge in [-0.05, 0) is 12.1 Å². The second-order valence-corrected chi connectivity index (χ2v) is 5.25. The molecule has 0 saturated heterocycles. The van der Waals surface area contributed by atoms with Crippen molar-refractivity contribution in [1.29, 1.82) is 0 Å². The van der Waals surface area contributed by atoms with E-state index in [1.807, 2.05) is 24.3 Å². The minimum atomic E-state index is -3.45. The number of rotatable bonds is 3. The van der Waals surface area contributed by atoms with Crippen molar-refractivity contribution in [3.63, 3.8) is 0 Å². The van der Waals surface area contributed by atoms with Crippen LogP contribution in [0.25, 0.3) is 0 Å². The van der Waals surface area contributed by atoms with Crippen LogP contribution in [-0.4, -0.2) is 21.3 Å². The van der Waals surface area contributed by atoms with Gasteiger partial charge < -0.3 is 0 Å². The molecule has 4 heteroatoms. The van der Waals surface area contributed by atoms with E-state index in [0.29, 0.717) is 6.42 Å². The maximum atomic E-state index is 10.8. The van der Waals surface area contributed by atoms with E-state index in [2.05, 4.69) is 34.4 Å². The van der Waals surface area contributed by atoms with Crippen LogP contribution >= 0.6 is 0 Å². The molecule has 19 heavy (non-hydrogen) atoms.